The average molecular weight is 305 g/mol. The summed E-state index contributed by atoms with van der Waals surface area (Å²) in [4.78, 5) is 0. The number of anilines is 1. The maximum atomic E-state index is 13.0. The van der Waals surface area contributed by atoms with Gasteiger partial charge in [-0.05, 0) is 23.8 Å². The van der Waals surface area contributed by atoms with Crippen LogP contribution in [-0.2, 0) is 6.54 Å². The van der Waals surface area contributed by atoms with E-state index in [0.717, 1.165) is 10.0 Å². The molecule has 0 amide bonds. The quantitative estimate of drug-likeness (QED) is 0.926. The van der Waals surface area contributed by atoms with Gasteiger partial charge in [-0.25, -0.2) is 9.07 Å². The maximum absolute atomic E-state index is 13.0. The molecule has 2 rings (SSSR count). The molecule has 0 bridgehead atoms. The first-order valence-corrected chi connectivity index (χ1v) is 5.65. The molecule has 0 fully saturated rings. The molecule has 0 saturated heterocycles. The maximum Gasteiger partial charge on any atom is 0.140 e. The zero-order valence-corrected chi connectivity index (χ0v) is 10.5. The lowest BCUT2D eigenvalue weighted by atomic mass is 10.2. The van der Waals surface area contributed by atoms with Crippen molar-refractivity contribution < 1.29 is 4.39 Å². The molecule has 16 heavy (non-hydrogen) atoms. The van der Waals surface area contributed by atoms with Crippen LogP contribution in [0.1, 0.15) is 5.56 Å². The lowest BCUT2D eigenvalue weighted by Gasteiger charge is -2.06. The molecular formula is C10H8BrClFN3. The van der Waals surface area contributed by atoms with Crippen LogP contribution in [-0.4, -0.2) is 9.78 Å². The number of aromatic nitrogens is 2. The van der Waals surface area contributed by atoms with E-state index in [9.17, 15) is 4.39 Å². The minimum Gasteiger partial charge on any atom is -0.383 e. The number of hydrogen-bond acceptors (Lipinski definition) is 2. The standard InChI is InChI=1S/C10H8BrClFN3/c11-8-2-1-7(13)3-6(8)5-16-10(14)9(12)4-15-16/h1-4H,5,14H2. The number of hydrogen-bond donors (Lipinski definition) is 1. The molecule has 0 aliphatic rings. The van der Waals surface area contributed by atoms with E-state index in [4.69, 9.17) is 17.3 Å². The molecule has 0 aliphatic heterocycles. The second kappa shape index (κ2) is 4.43. The van der Waals surface area contributed by atoms with Crippen molar-refractivity contribution in [2.45, 2.75) is 6.54 Å². The summed E-state index contributed by atoms with van der Waals surface area (Å²) in [5.41, 5.74) is 6.45. The second-order valence-electron chi connectivity index (χ2n) is 3.27. The van der Waals surface area contributed by atoms with Gasteiger partial charge in [0.05, 0.1) is 12.7 Å². The third-order valence-electron chi connectivity index (χ3n) is 2.16. The minimum atomic E-state index is -0.296. The Morgan fingerprint density at radius 2 is 2.25 bits per heavy atom. The van der Waals surface area contributed by atoms with E-state index in [1.54, 1.807) is 6.07 Å². The molecule has 84 valence electrons. The van der Waals surface area contributed by atoms with Gasteiger partial charge < -0.3 is 5.73 Å². The van der Waals surface area contributed by atoms with Crippen LogP contribution in [0.2, 0.25) is 5.02 Å². The van der Waals surface area contributed by atoms with Gasteiger partial charge in [-0.2, -0.15) is 5.10 Å². The molecule has 0 saturated carbocycles. The first kappa shape index (κ1) is 11.4. The zero-order chi connectivity index (χ0) is 11.7. The fraction of sp³-hybridized carbons (Fsp3) is 0.100. The van der Waals surface area contributed by atoms with Crippen LogP contribution in [0, 0.1) is 5.82 Å². The molecular weight excluding hydrogens is 296 g/mol. The zero-order valence-electron chi connectivity index (χ0n) is 8.12. The summed E-state index contributed by atoms with van der Waals surface area (Å²) < 4.78 is 15.4. The topological polar surface area (TPSA) is 43.8 Å². The van der Waals surface area contributed by atoms with Gasteiger partial charge in [0.1, 0.15) is 16.7 Å². The van der Waals surface area contributed by atoms with Crippen LogP contribution in [0.4, 0.5) is 10.2 Å². The van der Waals surface area contributed by atoms with Crippen molar-refractivity contribution in [3.8, 4) is 0 Å². The van der Waals surface area contributed by atoms with Crippen molar-refractivity contribution in [1.82, 2.24) is 9.78 Å². The molecule has 2 aromatic rings. The van der Waals surface area contributed by atoms with Crippen molar-refractivity contribution in [2.24, 2.45) is 0 Å². The van der Waals surface area contributed by atoms with Crippen LogP contribution < -0.4 is 5.73 Å². The first-order valence-electron chi connectivity index (χ1n) is 4.48. The molecule has 1 aromatic carbocycles. The third-order valence-corrected chi connectivity index (χ3v) is 3.23. The molecule has 1 aromatic heterocycles. The molecule has 0 radical (unpaired) electrons. The number of nitrogens with zero attached hydrogens (tertiary/aromatic N) is 2. The average Bonchev–Trinajstić information content (AvgIpc) is 2.55. The normalized spacial score (nSPS) is 10.7. The highest BCUT2D eigenvalue weighted by Gasteiger charge is 2.08. The first-order chi connectivity index (χ1) is 7.58. The van der Waals surface area contributed by atoms with E-state index in [1.807, 2.05) is 0 Å². The van der Waals surface area contributed by atoms with Crippen molar-refractivity contribution in [3.05, 3.63) is 45.3 Å². The van der Waals surface area contributed by atoms with Gasteiger partial charge in [0.2, 0.25) is 0 Å². The van der Waals surface area contributed by atoms with Crippen molar-refractivity contribution in [2.75, 3.05) is 5.73 Å². The molecule has 0 spiro atoms. The SMILES string of the molecule is Nc1c(Cl)cnn1Cc1cc(F)ccc1Br. The minimum absolute atomic E-state index is 0.296. The Labute approximate surface area is 105 Å². The summed E-state index contributed by atoms with van der Waals surface area (Å²) in [6.07, 6.45) is 1.46. The summed E-state index contributed by atoms with van der Waals surface area (Å²) in [6, 6.07) is 4.46. The lowest BCUT2D eigenvalue weighted by molar-refractivity contribution is 0.619. The summed E-state index contributed by atoms with van der Waals surface area (Å²) in [5.74, 6) is 0.0767. The van der Waals surface area contributed by atoms with Gasteiger partial charge in [0.15, 0.2) is 0 Å². The van der Waals surface area contributed by atoms with Crippen LogP contribution >= 0.6 is 27.5 Å². The number of nitrogen functional groups attached to an aromatic ring is 1. The van der Waals surface area contributed by atoms with Gasteiger partial charge in [0.25, 0.3) is 0 Å². The lowest BCUT2D eigenvalue weighted by Crippen LogP contribution is -2.06. The van der Waals surface area contributed by atoms with E-state index in [1.165, 1.54) is 23.0 Å². The molecule has 2 N–H and O–H groups in total. The van der Waals surface area contributed by atoms with Crippen molar-refractivity contribution >= 4 is 33.3 Å². The van der Waals surface area contributed by atoms with Crippen LogP contribution in [0.25, 0.3) is 0 Å². The molecule has 6 heteroatoms. The highest BCUT2D eigenvalue weighted by atomic mass is 79.9. The van der Waals surface area contributed by atoms with E-state index >= 15 is 0 Å². The number of rotatable bonds is 2. The Balaban J connectivity index is 2.33. The summed E-state index contributed by atoms with van der Waals surface area (Å²) in [5, 5.41) is 4.39. The summed E-state index contributed by atoms with van der Waals surface area (Å²) >= 11 is 9.11. The fourth-order valence-electron chi connectivity index (χ4n) is 1.32. The molecule has 3 nitrogen and oxygen atoms in total. The van der Waals surface area contributed by atoms with E-state index < -0.39 is 0 Å². The van der Waals surface area contributed by atoms with Crippen LogP contribution in [0.3, 0.4) is 0 Å². The Hall–Kier alpha value is -1.07. The highest BCUT2D eigenvalue weighted by Crippen LogP contribution is 2.22. The summed E-state index contributed by atoms with van der Waals surface area (Å²) in [6.45, 7) is 0.372. The predicted molar refractivity (Wildman–Crippen MR) is 64.9 cm³/mol. The van der Waals surface area contributed by atoms with E-state index in [0.29, 0.717) is 17.4 Å². The molecule has 0 unspecified atom stereocenters. The second-order valence-corrected chi connectivity index (χ2v) is 4.53. The Kier molecular flexibility index (Phi) is 3.16. The third kappa shape index (κ3) is 2.20. The van der Waals surface area contributed by atoms with E-state index in [-0.39, 0.29) is 5.82 Å². The van der Waals surface area contributed by atoms with E-state index in [2.05, 4.69) is 21.0 Å². The van der Waals surface area contributed by atoms with Crippen molar-refractivity contribution in [1.29, 1.82) is 0 Å². The van der Waals surface area contributed by atoms with Gasteiger partial charge >= 0.3 is 0 Å². The number of halogens is 3. The number of nitrogens with two attached hydrogens (primary N) is 1. The van der Waals surface area contributed by atoms with Crippen molar-refractivity contribution in [3.63, 3.8) is 0 Å². The summed E-state index contributed by atoms with van der Waals surface area (Å²) in [7, 11) is 0. The Morgan fingerprint density at radius 1 is 1.50 bits per heavy atom. The molecule has 1 heterocycles. The fourth-order valence-corrected chi connectivity index (χ4v) is 1.84. The monoisotopic (exact) mass is 303 g/mol. The van der Waals surface area contributed by atoms with Crippen LogP contribution in [0.15, 0.2) is 28.9 Å². The predicted octanol–water partition coefficient (Wildman–Crippen LogP) is 3.07. The Bertz CT molecular complexity index is 527. The van der Waals surface area contributed by atoms with Gasteiger partial charge in [0, 0.05) is 4.47 Å². The van der Waals surface area contributed by atoms with Gasteiger partial charge in [-0.15, -0.1) is 0 Å². The van der Waals surface area contributed by atoms with Crippen LogP contribution in [0.5, 0.6) is 0 Å². The largest absolute Gasteiger partial charge is 0.383 e. The molecule has 0 atom stereocenters. The molecule has 0 aliphatic carbocycles. The Morgan fingerprint density at radius 3 is 2.88 bits per heavy atom. The van der Waals surface area contributed by atoms with Gasteiger partial charge in [-0.3, -0.25) is 0 Å². The number of benzene rings is 1. The smallest absolute Gasteiger partial charge is 0.140 e. The highest BCUT2D eigenvalue weighted by molar-refractivity contribution is 9.10. The van der Waals surface area contributed by atoms with Gasteiger partial charge in [-0.1, -0.05) is 27.5 Å².